The number of benzene rings is 2. The maximum absolute atomic E-state index is 12.6. The smallest absolute Gasteiger partial charge is 0.336 e. The van der Waals surface area contributed by atoms with Crippen LogP contribution in [-0.2, 0) is 4.79 Å². The van der Waals surface area contributed by atoms with Crippen LogP contribution >= 0.6 is 0 Å². The molecule has 0 amide bonds. The van der Waals surface area contributed by atoms with Gasteiger partial charge >= 0.3 is 11.6 Å². The maximum atomic E-state index is 12.6. The summed E-state index contributed by atoms with van der Waals surface area (Å²) < 4.78 is 27.2. The summed E-state index contributed by atoms with van der Waals surface area (Å²) in [7, 11) is 4.40. The number of carbonyl (C=O) groups excluding carboxylic acids is 2. The van der Waals surface area contributed by atoms with Gasteiger partial charge in [0.2, 0.25) is 5.75 Å². The zero-order valence-corrected chi connectivity index (χ0v) is 18.7. The molecule has 9 nitrogen and oxygen atoms in total. The van der Waals surface area contributed by atoms with E-state index in [1.54, 1.807) is 19.1 Å². The topological polar surface area (TPSA) is 122 Å². The molecule has 0 saturated heterocycles. The predicted molar refractivity (Wildman–Crippen MR) is 117 cm³/mol. The van der Waals surface area contributed by atoms with E-state index in [9.17, 15) is 19.5 Å². The zero-order chi connectivity index (χ0) is 24.0. The van der Waals surface area contributed by atoms with Crippen molar-refractivity contribution in [1.29, 1.82) is 0 Å². The van der Waals surface area contributed by atoms with Crippen LogP contribution in [-0.4, -0.2) is 38.2 Å². The molecule has 33 heavy (non-hydrogen) atoms. The first-order valence-electron chi connectivity index (χ1n) is 10.1. The van der Waals surface area contributed by atoms with E-state index < -0.39 is 29.0 Å². The molecule has 1 atom stereocenters. The summed E-state index contributed by atoms with van der Waals surface area (Å²) in [6.07, 6.45) is -0.111. The Bertz CT molecular complexity index is 1340. The first kappa shape index (κ1) is 22.2. The number of hydrogen-bond donors (Lipinski definition) is 1. The number of ketones is 1. The molecule has 1 N–H and O–H groups in total. The summed E-state index contributed by atoms with van der Waals surface area (Å²) >= 11 is 0. The second-order valence-electron chi connectivity index (χ2n) is 7.66. The van der Waals surface area contributed by atoms with Crippen LogP contribution < -0.4 is 24.6 Å². The van der Waals surface area contributed by atoms with Gasteiger partial charge in [-0.15, -0.1) is 0 Å². The van der Waals surface area contributed by atoms with Gasteiger partial charge in [0.25, 0.3) is 0 Å². The molecule has 0 fully saturated rings. The largest absolute Gasteiger partial charge is 0.506 e. The lowest BCUT2D eigenvalue weighted by Gasteiger charge is -2.28. The molecule has 4 rings (SSSR count). The van der Waals surface area contributed by atoms with Crippen molar-refractivity contribution < 1.29 is 38.1 Å². The van der Waals surface area contributed by atoms with Gasteiger partial charge in [-0.1, -0.05) is 0 Å². The first-order valence-corrected chi connectivity index (χ1v) is 10.1. The van der Waals surface area contributed by atoms with Crippen molar-refractivity contribution >= 4 is 22.7 Å². The molecule has 172 valence electrons. The fraction of sp³-hybridized carbons (Fsp3) is 0.292. The average molecular weight is 454 g/mol. The molecule has 0 spiro atoms. The number of fused-ring (bicyclic) bond motifs is 3. The van der Waals surface area contributed by atoms with Gasteiger partial charge in [-0.25, -0.2) is 4.79 Å². The van der Waals surface area contributed by atoms with Crippen LogP contribution in [0.15, 0.2) is 27.4 Å². The minimum atomic E-state index is -0.693. The quantitative estimate of drug-likeness (QED) is 0.267. The van der Waals surface area contributed by atoms with Gasteiger partial charge in [-0.2, -0.15) is 0 Å². The molecule has 0 bridgehead atoms. The lowest BCUT2D eigenvalue weighted by Crippen LogP contribution is -2.24. The number of rotatable bonds is 5. The van der Waals surface area contributed by atoms with Crippen molar-refractivity contribution in [2.75, 3.05) is 21.3 Å². The molecule has 0 aliphatic carbocycles. The molecule has 1 unspecified atom stereocenters. The minimum Gasteiger partial charge on any atom is -0.506 e. The van der Waals surface area contributed by atoms with Crippen LogP contribution in [0.3, 0.4) is 0 Å². The van der Waals surface area contributed by atoms with Crippen LogP contribution in [0.25, 0.3) is 11.0 Å². The van der Waals surface area contributed by atoms with Crippen LogP contribution in [0.4, 0.5) is 0 Å². The zero-order valence-electron chi connectivity index (χ0n) is 18.7. The molecule has 1 aromatic heterocycles. The lowest BCUT2D eigenvalue weighted by molar-refractivity contribution is -0.135. The SMILES string of the molecule is COc1cc(C2CC(=O)Oc3c(C(C)=O)c(O)c4c(C)cc(=O)oc4c32)cc(OC)c1OC. The van der Waals surface area contributed by atoms with Gasteiger partial charge < -0.3 is 28.5 Å². The van der Waals surface area contributed by atoms with E-state index >= 15 is 0 Å². The van der Waals surface area contributed by atoms with Crippen molar-refractivity contribution in [3.8, 4) is 28.7 Å². The van der Waals surface area contributed by atoms with E-state index in [-0.39, 0.29) is 28.7 Å². The number of phenolic OH excluding ortho intramolecular Hbond substituents is 1. The summed E-state index contributed by atoms with van der Waals surface area (Å²) in [5, 5.41) is 11.1. The maximum Gasteiger partial charge on any atom is 0.336 e. The molecule has 1 aliphatic rings. The molecule has 3 aromatic rings. The predicted octanol–water partition coefficient (Wildman–Crippen LogP) is 3.48. The van der Waals surface area contributed by atoms with E-state index in [1.165, 1.54) is 34.3 Å². The Morgan fingerprint density at radius 3 is 2.24 bits per heavy atom. The Labute approximate surface area is 188 Å². The molecule has 9 heteroatoms. The molecule has 0 radical (unpaired) electrons. The highest BCUT2D eigenvalue weighted by molar-refractivity contribution is 6.09. The molecular weight excluding hydrogens is 432 g/mol. The monoisotopic (exact) mass is 454 g/mol. The van der Waals surface area contributed by atoms with Gasteiger partial charge in [-0.3, -0.25) is 9.59 Å². The number of aromatic hydroxyl groups is 1. The highest BCUT2D eigenvalue weighted by Gasteiger charge is 2.38. The van der Waals surface area contributed by atoms with Crippen molar-refractivity contribution in [2.24, 2.45) is 0 Å². The number of methoxy groups -OCH3 is 3. The molecule has 1 aliphatic heterocycles. The third kappa shape index (κ3) is 3.45. The number of esters is 1. The fourth-order valence-electron chi connectivity index (χ4n) is 4.32. The van der Waals surface area contributed by atoms with Crippen molar-refractivity contribution in [3.63, 3.8) is 0 Å². The van der Waals surface area contributed by atoms with Crippen molar-refractivity contribution in [3.05, 3.63) is 50.9 Å². The third-order valence-corrected chi connectivity index (χ3v) is 5.72. The number of phenols is 1. The number of hydrogen-bond acceptors (Lipinski definition) is 9. The molecule has 2 aromatic carbocycles. The van der Waals surface area contributed by atoms with Crippen LogP contribution in [0.5, 0.6) is 28.7 Å². The summed E-state index contributed by atoms with van der Waals surface area (Å²) in [5.41, 5.74) is 0.557. The lowest BCUT2D eigenvalue weighted by atomic mass is 9.82. The van der Waals surface area contributed by atoms with Gasteiger partial charge in [0.05, 0.1) is 33.1 Å². The van der Waals surface area contributed by atoms with Gasteiger partial charge in [-0.05, 0) is 37.1 Å². The second-order valence-corrected chi connectivity index (χ2v) is 7.66. The van der Waals surface area contributed by atoms with Crippen LogP contribution in [0.2, 0.25) is 0 Å². The minimum absolute atomic E-state index is 0.0451. The number of ether oxygens (including phenoxy) is 4. The fourth-order valence-corrected chi connectivity index (χ4v) is 4.32. The Morgan fingerprint density at radius 1 is 1.06 bits per heavy atom. The second kappa shape index (κ2) is 8.16. The number of aryl methyl sites for hydroxylation is 1. The van der Waals surface area contributed by atoms with E-state index in [2.05, 4.69) is 0 Å². The highest BCUT2D eigenvalue weighted by atomic mass is 16.5. The first-order chi connectivity index (χ1) is 15.7. The summed E-state index contributed by atoms with van der Waals surface area (Å²) in [5.74, 6) is -1.26. The van der Waals surface area contributed by atoms with Gasteiger partial charge in [0, 0.05) is 17.5 Å². The molecule has 2 heterocycles. The average Bonchev–Trinajstić information content (AvgIpc) is 2.76. The number of carbonyl (C=O) groups is 2. The van der Waals surface area contributed by atoms with E-state index in [0.717, 1.165) is 0 Å². The van der Waals surface area contributed by atoms with E-state index in [4.69, 9.17) is 23.4 Å². The molecular formula is C24H22O9. The number of Topliss-reactive ketones (excluding diaryl/α,β-unsaturated/α-hetero) is 1. The van der Waals surface area contributed by atoms with Crippen LogP contribution in [0.1, 0.15) is 46.3 Å². The third-order valence-electron chi connectivity index (χ3n) is 5.72. The molecule has 0 saturated carbocycles. The normalized spacial score (nSPS) is 15.1. The van der Waals surface area contributed by atoms with Crippen molar-refractivity contribution in [2.45, 2.75) is 26.2 Å². The Kier molecular flexibility index (Phi) is 5.49. The van der Waals surface area contributed by atoms with Crippen LogP contribution in [0, 0.1) is 6.92 Å². The van der Waals surface area contributed by atoms with Crippen molar-refractivity contribution in [1.82, 2.24) is 0 Å². The van der Waals surface area contributed by atoms with E-state index in [1.807, 2.05) is 0 Å². The summed E-state index contributed by atoms with van der Waals surface area (Å²) in [6, 6.07) is 4.57. The summed E-state index contributed by atoms with van der Waals surface area (Å²) in [6.45, 7) is 2.88. The van der Waals surface area contributed by atoms with Gasteiger partial charge in [0.15, 0.2) is 23.0 Å². The highest BCUT2D eigenvalue weighted by Crippen LogP contribution is 2.51. The Morgan fingerprint density at radius 2 is 1.70 bits per heavy atom. The summed E-state index contributed by atoms with van der Waals surface area (Å²) in [4.78, 5) is 37.3. The Hall–Kier alpha value is -4.01. The van der Waals surface area contributed by atoms with Gasteiger partial charge in [0.1, 0.15) is 16.9 Å². The Balaban J connectivity index is 2.14. The van der Waals surface area contributed by atoms with E-state index in [0.29, 0.717) is 33.9 Å². The standard InChI is InChI=1S/C24H22O9/c1-10-6-16(26)32-23-18(10)21(28)19(11(2)25)24-20(23)13(9-17(27)33-24)12-7-14(29-3)22(31-5)15(8-12)30-4/h6-8,13,28H,9H2,1-5H3.